The molecule has 232 valence electrons. The number of nitriles is 1. The number of amides is 2. The third-order valence-corrected chi connectivity index (χ3v) is 9.97. The van der Waals surface area contributed by atoms with Crippen LogP contribution in [0.15, 0.2) is 90.1 Å². The minimum atomic E-state index is -3.45. The number of para-hydroxylation sites is 1. The van der Waals surface area contributed by atoms with E-state index in [1.165, 1.54) is 7.11 Å². The molecule has 0 bridgehead atoms. The van der Waals surface area contributed by atoms with Crippen molar-refractivity contribution in [3.8, 4) is 34.5 Å². The summed E-state index contributed by atoms with van der Waals surface area (Å²) in [6.45, 7) is 1.93. The molecule has 6 rings (SSSR count). The van der Waals surface area contributed by atoms with E-state index < -0.39 is 27.7 Å². The molecule has 0 spiro atoms. The Hall–Kier alpha value is -5.47. The molecule has 3 heterocycles. The summed E-state index contributed by atoms with van der Waals surface area (Å²) in [7, 11) is -0.337. The molecule has 1 unspecified atom stereocenters. The predicted molar refractivity (Wildman–Crippen MR) is 173 cm³/mol. The Balaban J connectivity index is 1.61. The number of carbonyl (C=O) groups is 2. The third-order valence-electron chi connectivity index (χ3n) is 8.22. The average molecular weight is 635 g/mol. The van der Waals surface area contributed by atoms with Crippen LogP contribution in [-0.4, -0.2) is 66.7 Å². The molecule has 0 radical (unpaired) electrons. The van der Waals surface area contributed by atoms with Crippen molar-refractivity contribution in [1.29, 1.82) is 5.26 Å². The minimum absolute atomic E-state index is 0.0747. The summed E-state index contributed by atoms with van der Waals surface area (Å²) in [6, 6.07) is 22.9. The van der Waals surface area contributed by atoms with E-state index in [9.17, 15) is 23.3 Å². The topological polar surface area (TPSA) is 132 Å². The van der Waals surface area contributed by atoms with Crippen LogP contribution in [0.4, 0.5) is 0 Å². The zero-order chi connectivity index (χ0) is 32.6. The smallest absolute Gasteiger partial charge is 0.272 e. The van der Waals surface area contributed by atoms with Crippen LogP contribution in [0, 0.1) is 18.3 Å². The van der Waals surface area contributed by atoms with Gasteiger partial charge in [-0.1, -0.05) is 30.3 Å². The van der Waals surface area contributed by atoms with Gasteiger partial charge in [-0.05, 0) is 73.0 Å². The van der Waals surface area contributed by atoms with Gasteiger partial charge in [0.2, 0.25) is 0 Å². The first-order valence-electron chi connectivity index (χ1n) is 14.5. The molecule has 0 N–H and O–H groups in total. The molecule has 2 amide bonds. The first kappa shape index (κ1) is 30.6. The summed E-state index contributed by atoms with van der Waals surface area (Å²) in [6.07, 6.45) is 3.52. The van der Waals surface area contributed by atoms with Crippen molar-refractivity contribution in [1.82, 2.24) is 14.7 Å². The Morgan fingerprint density at radius 2 is 1.65 bits per heavy atom. The molecule has 4 aromatic rings. The summed E-state index contributed by atoms with van der Waals surface area (Å²) in [4.78, 5) is 29.2. The second-order valence-electron chi connectivity index (χ2n) is 11.1. The molecule has 1 atom stereocenters. The molecule has 3 aromatic carbocycles. The number of benzene rings is 3. The Kier molecular flexibility index (Phi) is 8.06. The Bertz CT molecular complexity index is 2070. The van der Waals surface area contributed by atoms with E-state index in [4.69, 9.17) is 14.6 Å². The SMILES string of the molecule is COc1ccc(C2=C(C#N)C(=O)N(C3CCS(=O)(=O)C3)C(=O)/C2=C\c2cn(-c3ccccc3)nc2-c2ccc(OC)cc2C)cc1. The fraction of sp³-hybridized carbons (Fsp3) is 0.200. The van der Waals surface area contributed by atoms with Crippen LogP contribution in [-0.2, 0) is 19.4 Å². The molecule has 2 aliphatic heterocycles. The van der Waals surface area contributed by atoms with Gasteiger partial charge in [0, 0.05) is 22.9 Å². The van der Waals surface area contributed by atoms with Gasteiger partial charge >= 0.3 is 0 Å². The van der Waals surface area contributed by atoms with Crippen molar-refractivity contribution in [2.24, 2.45) is 0 Å². The van der Waals surface area contributed by atoms with Crippen LogP contribution < -0.4 is 9.47 Å². The second-order valence-corrected chi connectivity index (χ2v) is 13.3. The van der Waals surface area contributed by atoms with Crippen molar-refractivity contribution in [2.45, 2.75) is 19.4 Å². The zero-order valence-electron chi connectivity index (χ0n) is 25.4. The van der Waals surface area contributed by atoms with E-state index in [0.717, 1.165) is 21.7 Å². The van der Waals surface area contributed by atoms with E-state index in [-0.39, 0.29) is 34.6 Å². The van der Waals surface area contributed by atoms with Gasteiger partial charge in [-0.15, -0.1) is 0 Å². The van der Waals surface area contributed by atoms with E-state index in [1.807, 2.05) is 61.5 Å². The first-order chi connectivity index (χ1) is 22.1. The van der Waals surface area contributed by atoms with Crippen LogP contribution in [0.5, 0.6) is 11.5 Å². The molecule has 2 aliphatic rings. The van der Waals surface area contributed by atoms with Crippen molar-refractivity contribution in [3.63, 3.8) is 0 Å². The average Bonchev–Trinajstić information content (AvgIpc) is 3.65. The highest BCUT2D eigenvalue weighted by atomic mass is 32.2. The lowest BCUT2D eigenvalue weighted by Gasteiger charge is -2.32. The summed E-state index contributed by atoms with van der Waals surface area (Å²) < 4.78 is 37.2. The number of sulfone groups is 1. The maximum atomic E-state index is 14.4. The van der Waals surface area contributed by atoms with Gasteiger partial charge in [-0.25, -0.2) is 13.1 Å². The van der Waals surface area contributed by atoms with Crippen molar-refractivity contribution >= 4 is 33.3 Å². The van der Waals surface area contributed by atoms with Crippen LogP contribution in [0.3, 0.4) is 0 Å². The summed E-state index contributed by atoms with van der Waals surface area (Å²) in [5.74, 6) is -0.756. The van der Waals surface area contributed by atoms with Crippen LogP contribution in [0.2, 0.25) is 0 Å². The first-order valence-corrected chi connectivity index (χ1v) is 16.4. The fourth-order valence-electron chi connectivity index (χ4n) is 5.90. The lowest BCUT2D eigenvalue weighted by molar-refractivity contribution is -0.142. The number of aryl methyl sites for hydroxylation is 1. The van der Waals surface area contributed by atoms with Gasteiger partial charge in [0.15, 0.2) is 9.84 Å². The molecular formula is C35H30N4O6S. The highest BCUT2D eigenvalue weighted by Crippen LogP contribution is 2.39. The van der Waals surface area contributed by atoms with E-state index in [2.05, 4.69) is 0 Å². The van der Waals surface area contributed by atoms with Crippen LogP contribution in [0.1, 0.15) is 23.1 Å². The van der Waals surface area contributed by atoms with E-state index in [0.29, 0.717) is 28.3 Å². The maximum Gasteiger partial charge on any atom is 0.272 e. The molecule has 0 saturated carbocycles. The lowest BCUT2D eigenvalue weighted by Crippen LogP contribution is -2.49. The minimum Gasteiger partial charge on any atom is -0.497 e. The molecule has 0 aliphatic carbocycles. The number of hydrogen-bond acceptors (Lipinski definition) is 8. The number of hydrogen-bond donors (Lipinski definition) is 0. The molecule has 1 aromatic heterocycles. The van der Waals surface area contributed by atoms with Crippen LogP contribution in [0.25, 0.3) is 28.6 Å². The van der Waals surface area contributed by atoms with Gasteiger partial charge in [0.05, 0.1) is 43.0 Å². The Morgan fingerprint density at radius 1 is 0.957 bits per heavy atom. The normalized spacial score (nSPS) is 18.6. The fourth-order valence-corrected chi connectivity index (χ4v) is 7.60. The highest BCUT2D eigenvalue weighted by molar-refractivity contribution is 7.91. The van der Waals surface area contributed by atoms with Crippen molar-refractivity contribution < 1.29 is 27.5 Å². The third kappa shape index (κ3) is 5.59. The van der Waals surface area contributed by atoms with E-state index in [1.54, 1.807) is 48.3 Å². The Morgan fingerprint density at radius 3 is 2.26 bits per heavy atom. The Labute approximate surface area is 266 Å². The zero-order valence-corrected chi connectivity index (χ0v) is 26.2. The maximum absolute atomic E-state index is 14.4. The highest BCUT2D eigenvalue weighted by Gasteiger charge is 2.45. The number of methoxy groups -OCH3 is 2. The van der Waals surface area contributed by atoms with Gasteiger partial charge < -0.3 is 9.47 Å². The van der Waals surface area contributed by atoms with Gasteiger partial charge in [-0.3, -0.25) is 14.5 Å². The molecule has 46 heavy (non-hydrogen) atoms. The summed E-state index contributed by atoms with van der Waals surface area (Å²) in [5, 5.41) is 15.2. The van der Waals surface area contributed by atoms with Gasteiger partial charge in [0.25, 0.3) is 11.8 Å². The summed E-state index contributed by atoms with van der Waals surface area (Å²) >= 11 is 0. The second kappa shape index (κ2) is 12.1. The van der Waals surface area contributed by atoms with Crippen LogP contribution >= 0.6 is 0 Å². The molecule has 1 saturated heterocycles. The monoisotopic (exact) mass is 634 g/mol. The lowest BCUT2D eigenvalue weighted by atomic mass is 9.86. The standard InChI is InChI=1S/C35H30N4O6S/c1-22-17-28(45-3)13-14-29(22)33-24(20-38(37-33)25-7-5-4-6-8-25)18-30-32(23-9-11-27(44-2)12-10-23)31(19-36)35(41)39(34(30)40)26-15-16-46(42,43)21-26/h4-14,17-18,20,26H,15-16,21H2,1-3H3/b30-18-. The molecule has 11 heteroatoms. The number of ether oxygens (including phenoxy) is 2. The number of carbonyl (C=O) groups excluding carboxylic acids is 2. The summed E-state index contributed by atoms with van der Waals surface area (Å²) in [5.41, 5.74) is 4.00. The quantitative estimate of drug-likeness (QED) is 0.210. The molecule has 1 fully saturated rings. The van der Waals surface area contributed by atoms with E-state index >= 15 is 0 Å². The van der Waals surface area contributed by atoms with Crippen molar-refractivity contribution in [2.75, 3.05) is 25.7 Å². The number of nitrogens with zero attached hydrogens (tertiary/aromatic N) is 4. The van der Waals surface area contributed by atoms with Gasteiger partial charge in [0.1, 0.15) is 28.8 Å². The predicted octanol–water partition coefficient (Wildman–Crippen LogP) is 4.78. The number of imide groups is 1. The largest absolute Gasteiger partial charge is 0.497 e. The number of aromatic nitrogens is 2. The molecular weight excluding hydrogens is 604 g/mol. The van der Waals surface area contributed by atoms with Gasteiger partial charge in [-0.2, -0.15) is 10.4 Å². The van der Waals surface area contributed by atoms with Crippen molar-refractivity contribution in [3.05, 3.63) is 107 Å². The number of rotatable bonds is 7. The molecule has 10 nitrogen and oxygen atoms in total.